The van der Waals surface area contributed by atoms with Gasteiger partial charge < -0.3 is 0 Å². The molecule has 0 aliphatic carbocycles. The van der Waals surface area contributed by atoms with Crippen molar-refractivity contribution in [2.75, 3.05) is 0 Å². The van der Waals surface area contributed by atoms with Crippen molar-refractivity contribution >= 4 is 17.7 Å². The molecule has 1 aliphatic heterocycles. The van der Waals surface area contributed by atoms with Gasteiger partial charge >= 0.3 is 0 Å². The van der Waals surface area contributed by atoms with E-state index in [4.69, 9.17) is 0 Å². The second-order valence-corrected chi connectivity index (χ2v) is 2.91. The van der Waals surface area contributed by atoms with Crippen molar-refractivity contribution < 1.29 is 4.79 Å². The summed E-state index contributed by atoms with van der Waals surface area (Å²) in [4.78, 5) is 15.6. The monoisotopic (exact) mass is 159 g/mol. The molecule has 1 aromatic rings. The van der Waals surface area contributed by atoms with E-state index < -0.39 is 0 Å². The van der Waals surface area contributed by atoms with E-state index in [1.54, 1.807) is 6.21 Å². The van der Waals surface area contributed by atoms with E-state index in [-0.39, 0.29) is 5.78 Å². The number of hydrogen-bond acceptors (Lipinski definition) is 2. The molecule has 0 bridgehead atoms. The van der Waals surface area contributed by atoms with E-state index in [0.29, 0.717) is 6.42 Å². The molecule has 0 radical (unpaired) electrons. The SMILES string of the molecule is Cc1cccc2c1C(=O)CC=N2. The number of rotatable bonds is 0. The first-order valence-corrected chi connectivity index (χ1v) is 3.94. The number of aryl methyl sites for hydroxylation is 1. The fraction of sp³-hybridized carbons (Fsp3) is 0.200. The molecule has 0 N–H and O–H groups in total. The number of carbonyl (C=O) groups excluding carboxylic acids is 1. The van der Waals surface area contributed by atoms with Crippen molar-refractivity contribution in [3.05, 3.63) is 29.3 Å². The molecule has 0 fully saturated rings. The lowest BCUT2D eigenvalue weighted by Crippen LogP contribution is -2.06. The van der Waals surface area contributed by atoms with Gasteiger partial charge in [-0.25, -0.2) is 0 Å². The average molecular weight is 159 g/mol. The summed E-state index contributed by atoms with van der Waals surface area (Å²) in [5.41, 5.74) is 2.63. The van der Waals surface area contributed by atoms with E-state index >= 15 is 0 Å². The van der Waals surface area contributed by atoms with E-state index in [2.05, 4.69) is 4.99 Å². The lowest BCUT2D eigenvalue weighted by atomic mass is 9.99. The lowest BCUT2D eigenvalue weighted by molar-refractivity contribution is 0.100. The second-order valence-electron chi connectivity index (χ2n) is 2.91. The highest BCUT2D eigenvalue weighted by Crippen LogP contribution is 2.26. The Morgan fingerprint density at radius 1 is 1.42 bits per heavy atom. The van der Waals surface area contributed by atoms with Crippen LogP contribution in [0.25, 0.3) is 0 Å². The smallest absolute Gasteiger partial charge is 0.170 e. The molecule has 12 heavy (non-hydrogen) atoms. The van der Waals surface area contributed by atoms with Crippen molar-refractivity contribution in [2.24, 2.45) is 4.99 Å². The molecule has 2 heteroatoms. The van der Waals surface area contributed by atoms with Crippen LogP contribution >= 0.6 is 0 Å². The van der Waals surface area contributed by atoms with Gasteiger partial charge in [0.1, 0.15) is 0 Å². The standard InChI is InChI=1S/C10H9NO/c1-7-3-2-4-8-10(7)9(12)5-6-11-8/h2-4,6H,5H2,1H3. The van der Waals surface area contributed by atoms with Crippen molar-refractivity contribution in [3.63, 3.8) is 0 Å². The molecule has 0 unspecified atom stereocenters. The minimum atomic E-state index is 0.179. The first-order chi connectivity index (χ1) is 5.79. The number of carbonyl (C=O) groups is 1. The van der Waals surface area contributed by atoms with Crippen molar-refractivity contribution in [1.29, 1.82) is 0 Å². The molecule has 0 spiro atoms. The summed E-state index contributed by atoms with van der Waals surface area (Å²) < 4.78 is 0. The molecule has 0 amide bonds. The number of fused-ring (bicyclic) bond motifs is 1. The van der Waals surface area contributed by atoms with Gasteiger partial charge in [-0.05, 0) is 18.6 Å². The third-order valence-corrected chi connectivity index (χ3v) is 2.04. The predicted molar refractivity (Wildman–Crippen MR) is 48.3 cm³/mol. The summed E-state index contributed by atoms with van der Waals surface area (Å²) >= 11 is 0. The summed E-state index contributed by atoms with van der Waals surface area (Å²) in [6.07, 6.45) is 2.11. The Labute approximate surface area is 70.9 Å². The molecule has 2 nitrogen and oxygen atoms in total. The Kier molecular flexibility index (Phi) is 1.54. The number of aliphatic imine (C=N–C) groups is 1. The Morgan fingerprint density at radius 2 is 2.25 bits per heavy atom. The normalized spacial score (nSPS) is 14.6. The Balaban J connectivity index is 2.70. The van der Waals surface area contributed by atoms with Crippen LogP contribution < -0.4 is 0 Å². The number of benzene rings is 1. The maximum atomic E-state index is 11.4. The number of ketones is 1. The van der Waals surface area contributed by atoms with Gasteiger partial charge in [-0.15, -0.1) is 0 Å². The van der Waals surface area contributed by atoms with Crippen molar-refractivity contribution in [1.82, 2.24) is 0 Å². The third-order valence-electron chi connectivity index (χ3n) is 2.04. The van der Waals surface area contributed by atoms with Crippen molar-refractivity contribution in [2.45, 2.75) is 13.3 Å². The summed E-state index contributed by atoms with van der Waals surface area (Å²) in [5, 5.41) is 0. The first-order valence-electron chi connectivity index (χ1n) is 3.94. The summed E-state index contributed by atoms with van der Waals surface area (Å²) in [6, 6.07) is 5.73. The summed E-state index contributed by atoms with van der Waals surface area (Å²) in [7, 11) is 0. The van der Waals surface area contributed by atoms with Gasteiger partial charge in [0, 0.05) is 18.2 Å². The van der Waals surface area contributed by atoms with Crippen LogP contribution in [0.15, 0.2) is 23.2 Å². The largest absolute Gasteiger partial charge is 0.294 e. The molecule has 0 aromatic heterocycles. The van der Waals surface area contributed by atoms with Crippen molar-refractivity contribution in [3.8, 4) is 0 Å². The molecule has 1 aromatic carbocycles. The quantitative estimate of drug-likeness (QED) is 0.571. The highest BCUT2D eigenvalue weighted by Gasteiger charge is 2.15. The summed E-state index contributed by atoms with van der Waals surface area (Å²) in [6.45, 7) is 1.94. The zero-order valence-corrected chi connectivity index (χ0v) is 6.87. The van der Waals surface area contributed by atoms with Crippen LogP contribution in [0, 0.1) is 6.92 Å². The average Bonchev–Trinajstić information content (AvgIpc) is 2.04. The van der Waals surface area contributed by atoms with Gasteiger partial charge in [0.05, 0.1) is 5.69 Å². The van der Waals surface area contributed by atoms with E-state index in [0.717, 1.165) is 16.8 Å². The molecular weight excluding hydrogens is 150 g/mol. The molecular formula is C10H9NO. The highest BCUT2D eigenvalue weighted by atomic mass is 16.1. The van der Waals surface area contributed by atoms with Gasteiger partial charge in [0.2, 0.25) is 0 Å². The van der Waals surface area contributed by atoms with Crippen LogP contribution in [0.3, 0.4) is 0 Å². The molecule has 60 valence electrons. The Bertz CT molecular complexity index is 366. The van der Waals surface area contributed by atoms with Gasteiger partial charge in [-0.1, -0.05) is 12.1 Å². The lowest BCUT2D eigenvalue weighted by Gasteiger charge is -2.10. The predicted octanol–water partition coefficient (Wildman–Crippen LogP) is 2.28. The molecule has 0 saturated heterocycles. The Hall–Kier alpha value is -1.44. The van der Waals surface area contributed by atoms with Crippen LogP contribution in [0.5, 0.6) is 0 Å². The second kappa shape index (κ2) is 2.55. The van der Waals surface area contributed by atoms with Crippen LogP contribution in [0.2, 0.25) is 0 Å². The van der Waals surface area contributed by atoms with Crippen LogP contribution in [-0.4, -0.2) is 12.0 Å². The number of Topliss-reactive ketones (excluding diaryl/α,β-unsaturated/α-hetero) is 1. The zero-order chi connectivity index (χ0) is 8.55. The van der Waals surface area contributed by atoms with E-state index in [1.165, 1.54) is 0 Å². The van der Waals surface area contributed by atoms with Gasteiger partial charge in [-0.2, -0.15) is 0 Å². The van der Waals surface area contributed by atoms with Crippen LogP contribution in [0.4, 0.5) is 5.69 Å². The number of hydrogen-bond donors (Lipinski definition) is 0. The topological polar surface area (TPSA) is 29.4 Å². The zero-order valence-electron chi connectivity index (χ0n) is 6.87. The van der Waals surface area contributed by atoms with Crippen LogP contribution in [-0.2, 0) is 0 Å². The molecule has 0 atom stereocenters. The molecule has 0 saturated carbocycles. The van der Waals surface area contributed by atoms with Gasteiger partial charge in [-0.3, -0.25) is 9.79 Å². The molecule has 2 rings (SSSR count). The fourth-order valence-corrected chi connectivity index (χ4v) is 1.45. The molecule has 1 aliphatic rings. The third kappa shape index (κ3) is 0.961. The molecule has 1 heterocycles. The highest BCUT2D eigenvalue weighted by molar-refractivity contribution is 6.10. The first kappa shape index (κ1) is 7.22. The van der Waals surface area contributed by atoms with Crippen LogP contribution in [0.1, 0.15) is 22.3 Å². The minimum Gasteiger partial charge on any atom is -0.294 e. The van der Waals surface area contributed by atoms with E-state index in [9.17, 15) is 4.79 Å². The summed E-state index contributed by atoms with van der Waals surface area (Å²) in [5.74, 6) is 0.179. The number of nitrogens with zero attached hydrogens (tertiary/aromatic N) is 1. The maximum Gasteiger partial charge on any atom is 0.170 e. The fourth-order valence-electron chi connectivity index (χ4n) is 1.45. The van der Waals surface area contributed by atoms with E-state index in [1.807, 2.05) is 25.1 Å². The minimum absolute atomic E-state index is 0.179. The van der Waals surface area contributed by atoms with Gasteiger partial charge in [0.15, 0.2) is 5.78 Å². The maximum absolute atomic E-state index is 11.4. The van der Waals surface area contributed by atoms with Gasteiger partial charge in [0.25, 0.3) is 0 Å². The Morgan fingerprint density at radius 3 is 3.00 bits per heavy atom.